The highest BCUT2D eigenvalue weighted by Crippen LogP contribution is 2.41. The summed E-state index contributed by atoms with van der Waals surface area (Å²) in [5, 5.41) is 11.3. The molecule has 1 aliphatic carbocycles. The lowest BCUT2D eigenvalue weighted by molar-refractivity contribution is -0.122. The van der Waals surface area contributed by atoms with E-state index < -0.39 is 6.43 Å². The first kappa shape index (κ1) is 16.9. The van der Waals surface area contributed by atoms with E-state index in [1.807, 2.05) is 6.92 Å². The van der Waals surface area contributed by atoms with E-state index in [9.17, 15) is 13.6 Å². The zero-order valence-corrected chi connectivity index (χ0v) is 13.9. The number of halogens is 3. The number of carbonyl (C=O) groups is 1. The van der Waals surface area contributed by atoms with Crippen molar-refractivity contribution in [2.45, 2.75) is 51.7 Å². The number of hydrogen-bond acceptors (Lipinski definition) is 3. The molecule has 0 aromatic carbocycles. The van der Waals surface area contributed by atoms with E-state index in [2.05, 4.69) is 15.5 Å². The molecule has 0 bridgehead atoms. The van der Waals surface area contributed by atoms with Gasteiger partial charge in [0, 0.05) is 24.4 Å². The summed E-state index contributed by atoms with van der Waals surface area (Å²) in [5.41, 5.74) is 0.992. The summed E-state index contributed by atoms with van der Waals surface area (Å²) >= 11 is 6.05. The van der Waals surface area contributed by atoms with Crippen LogP contribution in [-0.4, -0.2) is 25.5 Å². The third-order valence-corrected chi connectivity index (χ3v) is 4.22. The molecule has 24 heavy (non-hydrogen) atoms. The number of carbonyl (C=O) groups excluding carboxylic acids is 1. The van der Waals surface area contributed by atoms with Gasteiger partial charge >= 0.3 is 0 Å². The molecule has 2 heterocycles. The second kappa shape index (κ2) is 6.88. The molecule has 1 saturated carbocycles. The topological polar surface area (TPSA) is 64.7 Å². The van der Waals surface area contributed by atoms with Gasteiger partial charge < -0.3 is 5.32 Å². The van der Waals surface area contributed by atoms with Crippen molar-refractivity contribution in [1.29, 1.82) is 0 Å². The van der Waals surface area contributed by atoms with Gasteiger partial charge in [0.1, 0.15) is 17.9 Å². The number of aryl methyl sites for hydroxylation is 1. The van der Waals surface area contributed by atoms with Gasteiger partial charge in [-0.05, 0) is 25.8 Å². The molecule has 0 aliphatic heterocycles. The first-order valence-electron chi connectivity index (χ1n) is 7.82. The lowest BCUT2D eigenvalue weighted by atomic mass is 10.2. The number of nitrogens with one attached hydrogen (secondary N) is 1. The molecule has 0 radical (unpaired) electrons. The van der Waals surface area contributed by atoms with Gasteiger partial charge in [0.25, 0.3) is 6.43 Å². The summed E-state index contributed by atoms with van der Waals surface area (Å²) in [6.07, 6.45) is 0.945. The maximum Gasteiger partial charge on any atom is 0.282 e. The zero-order chi connectivity index (χ0) is 17.3. The molecule has 3 rings (SSSR count). The van der Waals surface area contributed by atoms with Crippen LogP contribution in [-0.2, 0) is 24.4 Å². The molecule has 0 saturated heterocycles. The fourth-order valence-corrected chi connectivity index (χ4v) is 2.70. The summed E-state index contributed by atoms with van der Waals surface area (Å²) < 4.78 is 28.7. The Morgan fingerprint density at radius 2 is 2.21 bits per heavy atom. The molecular weight excluding hydrogens is 340 g/mol. The molecule has 6 nitrogen and oxygen atoms in total. The molecule has 0 spiro atoms. The number of hydrogen-bond donors (Lipinski definition) is 1. The standard InChI is InChI=1S/C15H18ClF2N5O/c1-2-22-7-10(16)12(20-22)6-19-14(24)8-23-13(9-3-4-9)5-11(21-23)15(17)18/h5,7,9,15H,2-4,6,8H2,1H3,(H,19,24). The van der Waals surface area contributed by atoms with Crippen molar-refractivity contribution >= 4 is 17.5 Å². The summed E-state index contributed by atoms with van der Waals surface area (Å²) in [6.45, 7) is 2.71. The normalized spacial score (nSPS) is 14.4. The predicted octanol–water partition coefficient (Wildman–Crippen LogP) is 2.88. The van der Waals surface area contributed by atoms with E-state index in [4.69, 9.17) is 11.6 Å². The highest BCUT2D eigenvalue weighted by Gasteiger charge is 2.30. The van der Waals surface area contributed by atoms with Crippen LogP contribution in [0.2, 0.25) is 5.02 Å². The summed E-state index contributed by atoms with van der Waals surface area (Å²) in [5.74, 6) is -0.0876. The van der Waals surface area contributed by atoms with Crippen molar-refractivity contribution in [2.24, 2.45) is 0 Å². The first-order valence-corrected chi connectivity index (χ1v) is 8.20. The number of aromatic nitrogens is 4. The fourth-order valence-electron chi connectivity index (χ4n) is 2.49. The second-order valence-electron chi connectivity index (χ2n) is 5.78. The molecule has 1 N–H and O–H groups in total. The lowest BCUT2D eigenvalue weighted by Crippen LogP contribution is -2.28. The van der Waals surface area contributed by atoms with Crippen molar-refractivity contribution in [3.8, 4) is 0 Å². The Kier molecular flexibility index (Phi) is 4.84. The lowest BCUT2D eigenvalue weighted by Gasteiger charge is -2.07. The van der Waals surface area contributed by atoms with Crippen molar-refractivity contribution < 1.29 is 13.6 Å². The van der Waals surface area contributed by atoms with E-state index in [1.54, 1.807) is 10.9 Å². The Labute approximate surface area is 142 Å². The molecule has 2 aromatic heterocycles. The fraction of sp³-hybridized carbons (Fsp3) is 0.533. The molecule has 1 aliphatic rings. The quantitative estimate of drug-likeness (QED) is 0.828. The van der Waals surface area contributed by atoms with Crippen molar-refractivity contribution in [1.82, 2.24) is 24.9 Å². The minimum atomic E-state index is -2.64. The number of nitrogens with zero attached hydrogens (tertiary/aromatic N) is 4. The number of rotatable bonds is 7. The molecule has 0 atom stereocenters. The molecule has 2 aromatic rings. The average molecular weight is 358 g/mol. The minimum absolute atomic E-state index is 0.0926. The Hall–Kier alpha value is -1.96. The van der Waals surface area contributed by atoms with Gasteiger partial charge in [0.15, 0.2) is 0 Å². The molecule has 130 valence electrons. The van der Waals surface area contributed by atoms with Crippen molar-refractivity contribution in [2.75, 3.05) is 0 Å². The van der Waals surface area contributed by atoms with Crippen LogP contribution in [0, 0.1) is 0 Å². The first-order chi connectivity index (χ1) is 11.5. The van der Waals surface area contributed by atoms with Gasteiger partial charge in [-0.15, -0.1) is 0 Å². The molecule has 1 fully saturated rings. The summed E-state index contributed by atoms with van der Waals surface area (Å²) in [7, 11) is 0. The van der Waals surface area contributed by atoms with Crippen LogP contribution < -0.4 is 5.32 Å². The Morgan fingerprint density at radius 3 is 2.79 bits per heavy atom. The van der Waals surface area contributed by atoms with Gasteiger partial charge in [-0.3, -0.25) is 14.2 Å². The van der Waals surface area contributed by atoms with Crippen LogP contribution in [0.15, 0.2) is 12.3 Å². The number of amides is 1. The smallest absolute Gasteiger partial charge is 0.282 e. The molecule has 1 amide bonds. The minimum Gasteiger partial charge on any atom is -0.349 e. The van der Waals surface area contributed by atoms with Gasteiger partial charge in [0.2, 0.25) is 5.91 Å². The Balaban J connectivity index is 1.63. The van der Waals surface area contributed by atoms with E-state index in [1.165, 1.54) is 10.7 Å². The van der Waals surface area contributed by atoms with E-state index in [0.717, 1.165) is 12.8 Å². The van der Waals surface area contributed by atoms with Crippen LogP contribution in [0.3, 0.4) is 0 Å². The van der Waals surface area contributed by atoms with Gasteiger partial charge in [0.05, 0.1) is 11.6 Å². The highest BCUT2D eigenvalue weighted by molar-refractivity contribution is 6.31. The monoisotopic (exact) mass is 357 g/mol. The summed E-state index contributed by atoms with van der Waals surface area (Å²) in [6, 6.07) is 1.40. The molecular formula is C15H18ClF2N5O. The predicted molar refractivity (Wildman–Crippen MR) is 83.9 cm³/mol. The van der Waals surface area contributed by atoms with Crippen LogP contribution in [0.5, 0.6) is 0 Å². The maximum absolute atomic E-state index is 12.8. The summed E-state index contributed by atoms with van der Waals surface area (Å²) in [4.78, 5) is 12.1. The van der Waals surface area contributed by atoms with Crippen molar-refractivity contribution in [3.05, 3.63) is 34.4 Å². The van der Waals surface area contributed by atoms with Crippen LogP contribution in [0.25, 0.3) is 0 Å². The van der Waals surface area contributed by atoms with Gasteiger partial charge in [-0.1, -0.05) is 11.6 Å². The zero-order valence-electron chi connectivity index (χ0n) is 13.2. The van der Waals surface area contributed by atoms with Gasteiger partial charge in [-0.25, -0.2) is 8.78 Å². The third-order valence-electron chi connectivity index (χ3n) is 3.91. The van der Waals surface area contributed by atoms with Gasteiger partial charge in [-0.2, -0.15) is 10.2 Å². The average Bonchev–Trinajstić information content (AvgIpc) is 3.20. The SMILES string of the molecule is CCn1cc(Cl)c(CNC(=O)Cn2nc(C(F)F)cc2C2CC2)n1. The Morgan fingerprint density at radius 1 is 1.46 bits per heavy atom. The maximum atomic E-state index is 12.8. The number of alkyl halides is 2. The molecule has 9 heteroatoms. The molecule has 0 unspecified atom stereocenters. The van der Waals surface area contributed by atoms with Crippen LogP contribution in [0.4, 0.5) is 8.78 Å². The highest BCUT2D eigenvalue weighted by atomic mass is 35.5. The second-order valence-corrected chi connectivity index (χ2v) is 6.19. The van der Waals surface area contributed by atoms with E-state index in [-0.39, 0.29) is 30.6 Å². The van der Waals surface area contributed by atoms with E-state index in [0.29, 0.717) is 23.0 Å². The largest absolute Gasteiger partial charge is 0.349 e. The third kappa shape index (κ3) is 3.75. The van der Waals surface area contributed by atoms with E-state index >= 15 is 0 Å². The van der Waals surface area contributed by atoms with Crippen LogP contribution >= 0.6 is 11.6 Å². The van der Waals surface area contributed by atoms with Crippen LogP contribution in [0.1, 0.15) is 49.2 Å². The van der Waals surface area contributed by atoms with Crippen molar-refractivity contribution in [3.63, 3.8) is 0 Å². The Bertz CT molecular complexity index is 738.